The molecule has 0 aromatic heterocycles. The van der Waals surface area contributed by atoms with Crippen molar-refractivity contribution in [2.75, 3.05) is 6.54 Å². The molecule has 0 unspecified atom stereocenters. The van der Waals surface area contributed by atoms with Gasteiger partial charge < -0.3 is 5.11 Å². The number of carboxylic acids is 1. The van der Waals surface area contributed by atoms with E-state index in [1.807, 2.05) is 31.2 Å². The summed E-state index contributed by atoms with van der Waals surface area (Å²) in [6.45, 7) is 1.61. The van der Waals surface area contributed by atoms with Gasteiger partial charge in [-0.1, -0.05) is 36.5 Å². The Morgan fingerprint density at radius 1 is 1.48 bits per heavy atom. The first-order valence-corrected chi connectivity index (χ1v) is 7.46. The molecule has 0 saturated carbocycles. The maximum Gasteiger partial charge on any atom is 0.323 e. The van der Waals surface area contributed by atoms with Crippen molar-refractivity contribution in [3.63, 3.8) is 0 Å². The summed E-state index contributed by atoms with van der Waals surface area (Å²) < 4.78 is 0.259. The number of nitrogens with zero attached hydrogens (tertiary/aromatic N) is 1. The third kappa shape index (κ3) is 3.82. The van der Waals surface area contributed by atoms with Crippen molar-refractivity contribution in [3.05, 3.63) is 52.1 Å². The van der Waals surface area contributed by atoms with Crippen LogP contribution in [0, 0.1) is 6.92 Å². The molecule has 0 radical (unpaired) electrons. The van der Waals surface area contributed by atoms with Crippen LogP contribution in [0.2, 0.25) is 0 Å². The molecule has 2 rings (SSSR count). The second-order valence-corrected chi connectivity index (χ2v) is 6.11. The number of hydrogen-bond donors (Lipinski definition) is 1. The fraction of sp³-hybridized carbons (Fsp3) is 0.200. The van der Waals surface area contributed by atoms with Crippen molar-refractivity contribution in [3.8, 4) is 0 Å². The predicted molar refractivity (Wildman–Crippen MR) is 86.0 cm³/mol. The van der Waals surface area contributed by atoms with Gasteiger partial charge in [-0.15, -0.1) is 5.73 Å². The van der Waals surface area contributed by atoms with Gasteiger partial charge >= 0.3 is 5.97 Å². The first-order chi connectivity index (χ1) is 9.99. The summed E-state index contributed by atoms with van der Waals surface area (Å²) in [4.78, 5) is 24.1. The number of carbonyl (C=O) groups excluding carboxylic acids is 1. The highest BCUT2D eigenvalue weighted by atomic mass is 32.2. The lowest BCUT2D eigenvalue weighted by molar-refractivity contribution is -0.140. The zero-order valence-electron chi connectivity index (χ0n) is 11.3. The van der Waals surface area contributed by atoms with Crippen LogP contribution < -0.4 is 0 Å². The molecule has 0 aliphatic carbocycles. The van der Waals surface area contributed by atoms with Crippen molar-refractivity contribution < 1.29 is 14.7 Å². The molecule has 21 heavy (non-hydrogen) atoms. The Labute approximate surface area is 132 Å². The summed E-state index contributed by atoms with van der Waals surface area (Å²) >= 11 is 6.09. The second kappa shape index (κ2) is 6.72. The Morgan fingerprint density at radius 3 is 2.86 bits per heavy atom. The highest BCUT2D eigenvalue weighted by Crippen LogP contribution is 2.29. The summed E-state index contributed by atoms with van der Waals surface area (Å²) in [5, 5.41) is 8.75. The van der Waals surface area contributed by atoms with Crippen molar-refractivity contribution in [1.82, 2.24) is 4.90 Å². The van der Waals surface area contributed by atoms with Gasteiger partial charge in [-0.3, -0.25) is 14.5 Å². The molecule has 1 fully saturated rings. The average molecular weight is 319 g/mol. The number of aryl methyl sites for hydroxylation is 1. The Morgan fingerprint density at radius 2 is 2.19 bits per heavy atom. The minimum atomic E-state index is -1.09. The number of aliphatic carboxylic acids is 1. The quantitative estimate of drug-likeness (QED) is 0.525. The van der Waals surface area contributed by atoms with Crippen molar-refractivity contribution in [2.45, 2.75) is 13.3 Å². The Bertz CT molecular complexity index is 675. The molecule has 1 heterocycles. The first kappa shape index (κ1) is 15.5. The minimum absolute atomic E-state index is 0.259. The monoisotopic (exact) mass is 319 g/mol. The highest BCUT2D eigenvalue weighted by Gasteiger charge is 2.33. The van der Waals surface area contributed by atoms with Gasteiger partial charge in [-0.25, -0.2) is 0 Å². The first-order valence-electron chi connectivity index (χ1n) is 6.24. The molecule has 6 heteroatoms. The number of carbonyl (C=O) groups is 2. The SMILES string of the molecule is Cc1ccccc1CC=C=C1SC(=S)N(CC(=O)O)C1=O. The molecule has 4 nitrogen and oxygen atoms in total. The van der Waals surface area contributed by atoms with Crippen LogP contribution in [-0.2, 0) is 16.0 Å². The molecular formula is C15H13NO3S2. The van der Waals surface area contributed by atoms with Gasteiger partial charge in [0.25, 0.3) is 5.91 Å². The van der Waals surface area contributed by atoms with Gasteiger partial charge in [-0.2, -0.15) is 0 Å². The molecule has 1 N–H and O–H groups in total. The standard InChI is InChI=1S/C15H13NO3S2/c1-10-5-2-3-6-11(10)7-4-8-12-14(19)16(9-13(17)18)15(20)21-12/h2-6H,7,9H2,1H3,(H,17,18). The molecule has 108 valence electrons. The van der Waals surface area contributed by atoms with Gasteiger partial charge in [0.2, 0.25) is 0 Å². The van der Waals surface area contributed by atoms with Crippen molar-refractivity contribution >= 4 is 40.2 Å². The van der Waals surface area contributed by atoms with Crippen LogP contribution in [0.3, 0.4) is 0 Å². The van der Waals surface area contributed by atoms with Crippen LogP contribution in [0.15, 0.2) is 41.0 Å². The number of benzene rings is 1. The van der Waals surface area contributed by atoms with Crippen LogP contribution in [0.25, 0.3) is 0 Å². The van der Waals surface area contributed by atoms with E-state index in [2.05, 4.69) is 5.73 Å². The van der Waals surface area contributed by atoms with Crippen LogP contribution in [0.1, 0.15) is 11.1 Å². The zero-order chi connectivity index (χ0) is 15.4. The van der Waals surface area contributed by atoms with Gasteiger partial charge in [0.05, 0.1) is 0 Å². The Kier molecular flexibility index (Phi) is 4.96. The Balaban J connectivity index is 2.13. The van der Waals surface area contributed by atoms with E-state index < -0.39 is 18.4 Å². The molecule has 1 aromatic carbocycles. The lowest BCUT2D eigenvalue weighted by Crippen LogP contribution is -2.33. The molecule has 0 spiro atoms. The van der Waals surface area contributed by atoms with Crippen LogP contribution in [0.5, 0.6) is 0 Å². The van der Waals surface area contributed by atoms with E-state index >= 15 is 0 Å². The summed E-state index contributed by atoms with van der Waals surface area (Å²) in [5.74, 6) is -1.48. The molecule has 0 atom stereocenters. The molecule has 0 bridgehead atoms. The van der Waals surface area contributed by atoms with E-state index in [9.17, 15) is 9.59 Å². The van der Waals surface area contributed by atoms with E-state index in [1.165, 1.54) is 5.56 Å². The maximum atomic E-state index is 12.0. The number of carboxylic acid groups (broad SMARTS) is 1. The van der Waals surface area contributed by atoms with Gasteiger partial charge in [-0.05, 0) is 42.3 Å². The minimum Gasteiger partial charge on any atom is -0.480 e. The number of thioether (sulfide) groups is 1. The predicted octanol–water partition coefficient (Wildman–Crippen LogP) is 2.52. The zero-order valence-corrected chi connectivity index (χ0v) is 13.0. The van der Waals surface area contributed by atoms with Gasteiger partial charge in [0.1, 0.15) is 15.8 Å². The number of rotatable bonds is 4. The molecule has 1 aliphatic heterocycles. The maximum absolute atomic E-state index is 12.0. The van der Waals surface area contributed by atoms with E-state index in [-0.39, 0.29) is 4.32 Å². The molecular weight excluding hydrogens is 306 g/mol. The smallest absolute Gasteiger partial charge is 0.323 e. The lowest BCUT2D eigenvalue weighted by atomic mass is 10.1. The average Bonchev–Trinajstić information content (AvgIpc) is 2.68. The fourth-order valence-corrected chi connectivity index (χ4v) is 3.02. The fourth-order valence-electron chi connectivity index (χ4n) is 1.85. The molecule has 1 aromatic rings. The number of thiocarbonyl (C=S) groups is 1. The van der Waals surface area contributed by atoms with Crippen LogP contribution >= 0.6 is 24.0 Å². The van der Waals surface area contributed by atoms with E-state index in [0.717, 1.165) is 22.2 Å². The number of hydrogen-bond acceptors (Lipinski definition) is 4. The van der Waals surface area contributed by atoms with Gasteiger partial charge in [0, 0.05) is 0 Å². The summed E-state index contributed by atoms with van der Waals surface area (Å²) in [5.41, 5.74) is 5.26. The Hall–Kier alpha value is -1.88. The highest BCUT2D eigenvalue weighted by molar-refractivity contribution is 8.26. The van der Waals surface area contributed by atoms with E-state index in [0.29, 0.717) is 11.3 Å². The largest absolute Gasteiger partial charge is 0.480 e. The van der Waals surface area contributed by atoms with Crippen LogP contribution in [-0.4, -0.2) is 32.7 Å². The third-order valence-corrected chi connectivity index (χ3v) is 4.32. The van der Waals surface area contributed by atoms with Crippen molar-refractivity contribution in [1.29, 1.82) is 0 Å². The van der Waals surface area contributed by atoms with Gasteiger partial charge in [0.15, 0.2) is 0 Å². The molecule has 1 saturated heterocycles. The van der Waals surface area contributed by atoms with E-state index in [1.54, 1.807) is 6.08 Å². The topological polar surface area (TPSA) is 57.6 Å². The lowest BCUT2D eigenvalue weighted by Gasteiger charge is -2.09. The normalized spacial score (nSPS) is 14.3. The molecule has 1 amide bonds. The third-order valence-electron chi connectivity index (χ3n) is 2.96. The van der Waals surface area contributed by atoms with Crippen molar-refractivity contribution in [2.24, 2.45) is 0 Å². The molecule has 1 aliphatic rings. The second-order valence-electron chi connectivity index (χ2n) is 4.46. The summed E-state index contributed by atoms with van der Waals surface area (Å²) in [6, 6.07) is 7.97. The summed E-state index contributed by atoms with van der Waals surface area (Å²) in [7, 11) is 0. The summed E-state index contributed by atoms with van der Waals surface area (Å²) in [6.07, 6.45) is 2.44. The van der Waals surface area contributed by atoms with E-state index in [4.69, 9.17) is 17.3 Å². The number of amides is 1. The van der Waals surface area contributed by atoms with Crippen LogP contribution in [0.4, 0.5) is 0 Å².